The summed E-state index contributed by atoms with van der Waals surface area (Å²) in [7, 11) is 1.60. The van der Waals surface area contributed by atoms with Gasteiger partial charge in [0.05, 0.1) is 12.1 Å². The van der Waals surface area contributed by atoms with Crippen LogP contribution in [0.5, 0.6) is 11.5 Å². The molecule has 0 fully saturated rings. The van der Waals surface area contributed by atoms with Gasteiger partial charge in [0, 0.05) is 6.04 Å². The van der Waals surface area contributed by atoms with Crippen LogP contribution in [0.25, 0.3) is 0 Å². The molecule has 0 aliphatic carbocycles. The Balaban J connectivity index is 2.97. The molecule has 1 aromatic rings. The fraction of sp³-hybridized carbons (Fsp3) is 0.467. The van der Waals surface area contributed by atoms with Gasteiger partial charge in [0.25, 0.3) is 0 Å². The molecule has 3 nitrogen and oxygen atoms in total. The zero-order valence-corrected chi connectivity index (χ0v) is 12.6. The number of rotatable bonds is 7. The molecule has 0 saturated heterocycles. The number of nitrogens with two attached hydrogens (primary N) is 1. The average Bonchev–Trinajstić information content (AvgIpc) is 2.36. The fourth-order valence-corrected chi connectivity index (χ4v) is 1.96. The van der Waals surface area contributed by atoms with E-state index in [2.05, 4.69) is 13.5 Å². The van der Waals surface area contributed by atoms with E-state index in [0.717, 1.165) is 24.0 Å². The molecular formula is C15H22ClNO2. The van der Waals surface area contributed by atoms with Crippen LogP contribution >= 0.6 is 11.6 Å². The maximum atomic E-state index is 6.25. The van der Waals surface area contributed by atoms with Crippen molar-refractivity contribution in [1.82, 2.24) is 0 Å². The van der Waals surface area contributed by atoms with Crippen LogP contribution in [0, 0.1) is 0 Å². The number of hydrogen-bond donors (Lipinski definition) is 1. The van der Waals surface area contributed by atoms with Crippen LogP contribution in [-0.2, 0) is 6.42 Å². The Labute approximate surface area is 120 Å². The zero-order valence-electron chi connectivity index (χ0n) is 11.8. The third-order valence-electron chi connectivity index (χ3n) is 2.77. The lowest BCUT2D eigenvalue weighted by molar-refractivity contribution is 0.319. The molecule has 1 aromatic carbocycles. The van der Waals surface area contributed by atoms with Crippen molar-refractivity contribution in [1.29, 1.82) is 0 Å². The number of benzene rings is 1. The van der Waals surface area contributed by atoms with Crippen molar-refractivity contribution in [3.63, 3.8) is 0 Å². The Bertz CT molecular complexity index is 446. The number of methoxy groups -OCH3 is 1. The molecule has 0 saturated carbocycles. The first-order valence-electron chi connectivity index (χ1n) is 6.37. The van der Waals surface area contributed by atoms with E-state index in [1.165, 1.54) is 0 Å². The number of halogens is 1. The molecule has 0 radical (unpaired) electrons. The molecule has 19 heavy (non-hydrogen) atoms. The molecule has 0 aliphatic heterocycles. The van der Waals surface area contributed by atoms with Gasteiger partial charge in [-0.3, -0.25) is 0 Å². The van der Waals surface area contributed by atoms with E-state index in [0.29, 0.717) is 23.1 Å². The van der Waals surface area contributed by atoms with Gasteiger partial charge in [-0.05, 0) is 43.0 Å². The van der Waals surface area contributed by atoms with Gasteiger partial charge in [0.15, 0.2) is 11.5 Å². The highest BCUT2D eigenvalue weighted by atomic mass is 35.5. The lowest BCUT2D eigenvalue weighted by Gasteiger charge is -2.15. The van der Waals surface area contributed by atoms with Crippen LogP contribution in [0.15, 0.2) is 24.3 Å². The number of hydrogen-bond acceptors (Lipinski definition) is 3. The summed E-state index contributed by atoms with van der Waals surface area (Å²) in [6.07, 6.45) is 1.70. The van der Waals surface area contributed by atoms with Crippen molar-refractivity contribution in [2.24, 2.45) is 5.73 Å². The molecule has 2 N–H and O–H groups in total. The molecular weight excluding hydrogens is 262 g/mol. The van der Waals surface area contributed by atoms with Gasteiger partial charge in [0.1, 0.15) is 6.61 Å². The zero-order chi connectivity index (χ0) is 14.4. The summed E-state index contributed by atoms with van der Waals surface area (Å²) in [5.41, 5.74) is 7.94. The summed E-state index contributed by atoms with van der Waals surface area (Å²) in [5.74, 6) is 1.19. The van der Waals surface area contributed by atoms with Gasteiger partial charge in [-0.1, -0.05) is 25.1 Å². The van der Waals surface area contributed by atoms with Gasteiger partial charge in [-0.15, -0.1) is 0 Å². The summed E-state index contributed by atoms with van der Waals surface area (Å²) < 4.78 is 11.0. The molecule has 0 amide bonds. The van der Waals surface area contributed by atoms with Gasteiger partial charge in [-0.2, -0.15) is 0 Å². The quantitative estimate of drug-likeness (QED) is 0.778. The van der Waals surface area contributed by atoms with Crippen molar-refractivity contribution in [2.45, 2.75) is 32.7 Å². The normalized spacial score (nSPS) is 12.1. The first kappa shape index (κ1) is 15.9. The van der Waals surface area contributed by atoms with Crippen LogP contribution in [-0.4, -0.2) is 19.8 Å². The summed E-state index contributed by atoms with van der Waals surface area (Å²) >= 11 is 6.25. The summed E-state index contributed by atoms with van der Waals surface area (Å²) in [6.45, 7) is 8.18. The second-order valence-corrected chi connectivity index (χ2v) is 5.13. The molecule has 0 spiro atoms. The third-order valence-corrected chi connectivity index (χ3v) is 3.06. The summed E-state index contributed by atoms with van der Waals surface area (Å²) in [5, 5.41) is 0.541. The predicted molar refractivity (Wildman–Crippen MR) is 80.3 cm³/mol. The molecule has 106 valence electrons. The van der Waals surface area contributed by atoms with Crippen molar-refractivity contribution >= 4 is 11.6 Å². The smallest absolute Gasteiger partial charge is 0.180 e. The highest BCUT2D eigenvalue weighted by molar-refractivity contribution is 6.32. The minimum Gasteiger partial charge on any atom is -0.493 e. The summed E-state index contributed by atoms with van der Waals surface area (Å²) in [6, 6.07) is 3.94. The van der Waals surface area contributed by atoms with Crippen molar-refractivity contribution in [3.8, 4) is 11.5 Å². The molecule has 0 aliphatic rings. The average molecular weight is 284 g/mol. The Kier molecular flexibility index (Phi) is 6.19. The van der Waals surface area contributed by atoms with Gasteiger partial charge in [-0.25, -0.2) is 0 Å². The summed E-state index contributed by atoms with van der Waals surface area (Å²) in [4.78, 5) is 0. The largest absolute Gasteiger partial charge is 0.493 e. The highest BCUT2D eigenvalue weighted by Crippen LogP contribution is 2.37. The third kappa shape index (κ3) is 4.77. The van der Waals surface area contributed by atoms with Gasteiger partial charge < -0.3 is 15.2 Å². The number of ether oxygens (including phenoxy) is 2. The highest BCUT2D eigenvalue weighted by Gasteiger charge is 2.13. The van der Waals surface area contributed by atoms with E-state index in [1.807, 2.05) is 19.1 Å². The van der Waals surface area contributed by atoms with Crippen LogP contribution < -0.4 is 15.2 Å². The van der Waals surface area contributed by atoms with Crippen molar-refractivity contribution in [3.05, 3.63) is 34.9 Å². The molecule has 1 rings (SSSR count). The standard InChI is InChI=1S/C15H22ClNO2/c1-5-12(17)6-11-7-13(16)15(14(8-11)18-4)19-9-10(2)3/h7-8,12H,2,5-6,9,17H2,1,3-4H3. The second-order valence-electron chi connectivity index (χ2n) is 4.73. The van der Waals surface area contributed by atoms with E-state index < -0.39 is 0 Å². The van der Waals surface area contributed by atoms with Crippen LogP contribution in [0.3, 0.4) is 0 Å². The van der Waals surface area contributed by atoms with E-state index in [-0.39, 0.29) is 6.04 Å². The lowest BCUT2D eigenvalue weighted by Crippen LogP contribution is -2.21. The van der Waals surface area contributed by atoms with Crippen LogP contribution in [0.4, 0.5) is 0 Å². The molecule has 4 heteroatoms. The fourth-order valence-electron chi connectivity index (χ4n) is 1.67. The topological polar surface area (TPSA) is 44.5 Å². The van der Waals surface area contributed by atoms with Crippen LogP contribution in [0.1, 0.15) is 25.8 Å². The minimum atomic E-state index is 0.128. The van der Waals surface area contributed by atoms with Crippen LogP contribution in [0.2, 0.25) is 5.02 Å². The Morgan fingerprint density at radius 1 is 1.47 bits per heavy atom. The monoisotopic (exact) mass is 283 g/mol. The molecule has 1 atom stereocenters. The predicted octanol–water partition coefficient (Wildman–Crippen LogP) is 3.58. The van der Waals surface area contributed by atoms with Gasteiger partial charge in [0.2, 0.25) is 0 Å². The SMILES string of the molecule is C=C(C)COc1c(Cl)cc(CC(N)CC)cc1OC. The first-order valence-corrected chi connectivity index (χ1v) is 6.74. The Hall–Kier alpha value is -1.19. The van der Waals surface area contributed by atoms with E-state index in [4.69, 9.17) is 26.8 Å². The molecule has 0 heterocycles. The first-order chi connectivity index (χ1) is 8.97. The maximum absolute atomic E-state index is 6.25. The van der Waals surface area contributed by atoms with E-state index >= 15 is 0 Å². The molecule has 0 bridgehead atoms. The molecule has 0 aromatic heterocycles. The Morgan fingerprint density at radius 2 is 2.16 bits per heavy atom. The second kappa shape index (κ2) is 7.41. The maximum Gasteiger partial charge on any atom is 0.180 e. The minimum absolute atomic E-state index is 0.128. The van der Waals surface area contributed by atoms with Crippen molar-refractivity contribution in [2.75, 3.05) is 13.7 Å². The van der Waals surface area contributed by atoms with Gasteiger partial charge >= 0.3 is 0 Å². The van der Waals surface area contributed by atoms with Crippen molar-refractivity contribution < 1.29 is 9.47 Å². The Morgan fingerprint density at radius 3 is 2.68 bits per heavy atom. The van der Waals surface area contributed by atoms with E-state index in [1.54, 1.807) is 7.11 Å². The van der Waals surface area contributed by atoms with E-state index in [9.17, 15) is 0 Å². The molecule has 1 unspecified atom stereocenters. The lowest BCUT2D eigenvalue weighted by atomic mass is 10.0.